The van der Waals surface area contributed by atoms with Crippen molar-refractivity contribution in [3.63, 3.8) is 0 Å². The lowest BCUT2D eigenvalue weighted by Gasteiger charge is -2.38. The van der Waals surface area contributed by atoms with Gasteiger partial charge >= 0.3 is 6.03 Å². The van der Waals surface area contributed by atoms with Crippen LogP contribution >= 0.6 is 0 Å². The molecule has 1 fully saturated rings. The highest BCUT2D eigenvalue weighted by molar-refractivity contribution is 5.74. The average Bonchev–Trinajstić information content (AvgIpc) is 3.04. The van der Waals surface area contributed by atoms with Crippen LogP contribution in [0.2, 0.25) is 0 Å². The molecule has 0 aromatic carbocycles. The second-order valence-electron chi connectivity index (χ2n) is 7.26. The number of rotatable bonds is 5. The smallest absolute Gasteiger partial charge is 0.317 e. The van der Waals surface area contributed by atoms with E-state index in [0.29, 0.717) is 6.54 Å². The Morgan fingerprint density at radius 2 is 2.30 bits per heavy atom. The molecule has 8 nitrogen and oxygen atoms in total. The Bertz CT molecular complexity index is 743. The number of carbonyl (C=O) groups excluding carboxylic acids is 1. The molecule has 2 aromatic rings. The number of carbonyl (C=O) groups is 1. The third-order valence-electron chi connectivity index (χ3n) is 5.29. The first-order chi connectivity index (χ1) is 13.0. The maximum absolute atomic E-state index is 12.7. The third kappa shape index (κ3) is 4.37. The number of anilines is 1. The minimum atomic E-state index is -0.0559. The largest absolute Gasteiger partial charge is 0.361 e. The standard InChI is InChI=1S/C19H28N6O2/c1-13(18-14(2)23-27-15(18)3)11-20-19(26)24(4)16-7-6-10-25(12-16)17-8-5-9-21-22-17/h5,8-9,13,16H,6-7,10-12H2,1-4H3,(H,20,26). The molecule has 3 rings (SSSR count). The number of hydrogen-bond acceptors (Lipinski definition) is 6. The van der Waals surface area contributed by atoms with Crippen LogP contribution in [0.25, 0.3) is 0 Å². The molecule has 3 heterocycles. The van der Waals surface area contributed by atoms with E-state index in [2.05, 4.69) is 32.5 Å². The van der Waals surface area contributed by atoms with Crippen molar-refractivity contribution in [2.45, 2.75) is 45.6 Å². The van der Waals surface area contributed by atoms with Crippen LogP contribution in [-0.4, -0.2) is 59.0 Å². The van der Waals surface area contributed by atoms with E-state index < -0.39 is 0 Å². The van der Waals surface area contributed by atoms with Crippen LogP contribution in [0.5, 0.6) is 0 Å². The van der Waals surface area contributed by atoms with Gasteiger partial charge in [-0.1, -0.05) is 12.1 Å². The van der Waals surface area contributed by atoms with Gasteiger partial charge in [-0.15, -0.1) is 5.10 Å². The predicted molar refractivity (Wildman–Crippen MR) is 103 cm³/mol. The van der Waals surface area contributed by atoms with E-state index in [1.165, 1.54) is 0 Å². The minimum Gasteiger partial charge on any atom is -0.361 e. The molecule has 2 atom stereocenters. The van der Waals surface area contributed by atoms with Crippen molar-refractivity contribution in [2.24, 2.45) is 0 Å². The summed E-state index contributed by atoms with van der Waals surface area (Å²) in [5, 5.41) is 15.2. The highest BCUT2D eigenvalue weighted by Gasteiger charge is 2.27. The number of hydrogen-bond donors (Lipinski definition) is 1. The number of nitrogens with zero attached hydrogens (tertiary/aromatic N) is 5. The predicted octanol–water partition coefficient (Wildman–Crippen LogP) is 2.50. The van der Waals surface area contributed by atoms with Crippen LogP contribution in [0.15, 0.2) is 22.9 Å². The van der Waals surface area contributed by atoms with Gasteiger partial charge in [-0.05, 0) is 38.8 Å². The molecule has 0 spiro atoms. The topological polar surface area (TPSA) is 87.4 Å². The van der Waals surface area contributed by atoms with E-state index in [0.717, 1.165) is 48.8 Å². The number of amides is 2. The van der Waals surface area contributed by atoms with E-state index >= 15 is 0 Å². The van der Waals surface area contributed by atoms with E-state index in [-0.39, 0.29) is 18.0 Å². The van der Waals surface area contributed by atoms with E-state index in [9.17, 15) is 4.79 Å². The fourth-order valence-electron chi connectivity index (χ4n) is 3.77. The average molecular weight is 372 g/mol. The molecule has 27 heavy (non-hydrogen) atoms. The quantitative estimate of drug-likeness (QED) is 0.868. The summed E-state index contributed by atoms with van der Waals surface area (Å²) in [7, 11) is 1.86. The van der Waals surface area contributed by atoms with Gasteiger partial charge in [-0.3, -0.25) is 0 Å². The lowest BCUT2D eigenvalue weighted by Crippen LogP contribution is -2.52. The van der Waals surface area contributed by atoms with Gasteiger partial charge in [0.2, 0.25) is 0 Å². The highest BCUT2D eigenvalue weighted by atomic mass is 16.5. The lowest BCUT2D eigenvalue weighted by molar-refractivity contribution is 0.182. The van der Waals surface area contributed by atoms with Crippen molar-refractivity contribution < 1.29 is 9.32 Å². The van der Waals surface area contributed by atoms with Crippen molar-refractivity contribution in [2.75, 3.05) is 31.6 Å². The molecule has 1 N–H and O–H groups in total. The second kappa shape index (κ2) is 8.37. The number of nitrogens with one attached hydrogen (secondary N) is 1. The summed E-state index contributed by atoms with van der Waals surface area (Å²) in [4.78, 5) is 16.7. The number of likely N-dealkylation sites (N-methyl/N-ethyl adjacent to an activating group) is 1. The molecule has 2 aromatic heterocycles. The van der Waals surface area contributed by atoms with Crippen molar-refractivity contribution in [1.82, 2.24) is 25.6 Å². The molecule has 0 bridgehead atoms. The van der Waals surface area contributed by atoms with E-state index in [1.54, 1.807) is 6.20 Å². The fourth-order valence-corrected chi connectivity index (χ4v) is 3.77. The Labute approximate surface area is 159 Å². The molecule has 0 aliphatic carbocycles. The van der Waals surface area contributed by atoms with Gasteiger partial charge in [-0.25, -0.2) is 4.79 Å². The Kier molecular flexibility index (Phi) is 5.93. The maximum Gasteiger partial charge on any atom is 0.317 e. The first-order valence-corrected chi connectivity index (χ1v) is 9.43. The molecular weight excluding hydrogens is 344 g/mol. The highest BCUT2D eigenvalue weighted by Crippen LogP contribution is 2.23. The zero-order valence-electron chi connectivity index (χ0n) is 16.5. The summed E-state index contributed by atoms with van der Waals surface area (Å²) < 4.78 is 5.23. The van der Waals surface area contributed by atoms with Crippen LogP contribution in [0.1, 0.15) is 42.7 Å². The SMILES string of the molecule is Cc1noc(C)c1C(C)CNC(=O)N(C)C1CCCN(c2cccnn2)C1. The Balaban J connectivity index is 1.55. The normalized spacial score (nSPS) is 18.2. The third-order valence-corrected chi connectivity index (χ3v) is 5.29. The number of piperidine rings is 1. The van der Waals surface area contributed by atoms with Gasteiger partial charge in [0.05, 0.1) is 11.7 Å². The zero-order chi connectivity index (χ0) is 19.4. The van der Waals surface area contributed by atoms with Crippen molar-refractivity contribution in [3.8, 4) is 0 Å². The molecule has 8 heteroatoms. The van der Waals surface area contributed by atoms with Crippen molar-refractivity contribution >= 4 is 11.8 Å². The summed E-state index contributed by atoms with van der Waals surface area (Å²) >= 11 is 0. The zero-order valence-corrected chi connectivity index (χ0v) is 16.5. The lowest BCUT2D eigenvalue weighted by atomic mass is 9.99. The minimum absolute atomic E-state index is 0.0559. The van der Waals surface area contributed by atoms with Crippen LogP contribution in [0.3, 0.4) is 0 Å². The molecule has 146 valence electrons. The summed E-state index contributed by atoms with van der Waals surface area (Å²) in [5.74, 6) is 1.83. The summed E-state index contributed by atoms with van der Waals surface area (Å²) in [5.41, 5.74) is 1.96. The molecule has 2 amide bonds. The first-order valence-electron chi connectivity index (χ1n) is 9.43. The van der Waals surface area contributed by atoms with Gasteiger partial charge in [0, 0.05) is 44.4 Å². The first kappa shape index (κ1) is 19.1. The number of urea groups is 1. The monoisotopic (exact) mass is 372 g/mol. The molecule has 1 aliphatic heterocycles. The van der Waals surface area contributed by atoms with Crippen molar-refractivity contribution in [1.29, 1.82) is 0 Å². The molecular formula is C19H28N6O2. The van der Waals surface area contributed by atoms with Crippen molar-refractivity contribution in [3.05, 3.63) is 35.3 Å². The summed E-state index contributed by atoms with van der Waals surface area (Å²) in [6, 6.07) is 3.94. The van der Waals surface area contributed by atoms with Crippen LogP contribution in [0, 0.1) is 13.8 Å². The Morgan fingerprint density at radius 1 is 1.48 bits per heavy atom. The summed E-state index contributed by atoms with van der Waals surface area (Å²) in [6.45, 7) is 8.16. The summed E-state index contributed by atoms with van der Waals surface area (Å²) in [6.07, 6.45) is 3.68. The van der Waals surface area contributed by atoms with E-state index in [4.69, 9.17) is 4.52 Å². The van der Waals surface area contributed by atoms with Gasteiger partial charge in [0.25, 0.3) is 0 Å². The molecule has 1 aliphatic rings. The van der Waals surface area contributed by atoms with Crippen LogP contribution < -0.4 is 10.2 Å². The van der Waals surface area contributed by atoms with E-state index in [1.807, 2.05) is 37.9 Å². The van der Waals surface area contributed by atoms with Crippen LogP contribution in [0.4, 0.5) is 10.6 Å². The van der Waals surface area contributed by atoms with Crippen LogP contribution in [-0.2, 0) is 0 Å². The molecule has 2 unspecified atom stereocenters. The molecule has 0 saturated carbocycles. The van der Waals surface area contributed by atoms with Gasteiger partial charge in [-0.2, -0.15) is 5.10 Å². The Morgan fingerprint density at radius 3 is 2.96 bits per heavy atom. The van der Waals surface area contributed by atoms with Gasteiger partial charge in [0.15, 0.2) is 5.82 Å². The van der Waals surface area contributed by atoms with Gasteiger partial charge < -0.3 is 19.6 Å². The maximum atomic E-state index is 12.7. The number of aromatic nitrogens is 3. The fraction of sp³-hybridized carbons (Fsp3) is 0.579. The number of aryl methyl sites for hydroxylation is 2. The molecule has 1 saturated heterocycles. The molecule has 0 radical (unpaired) electrons. The van der Waals surface area contributed by atoms with Gasteiger partial charge in [0.1, 0.15) is 5.76 Å². The second-order valence-corrected chi connectivity index (χ2v) is 7.26. The Hall–Kier alpha value is -2.64.